The summed E-state index contributed by atoms with van der Waals surface area (Å²) < 4.78 is 1.72. The number of likely N-dealkylation sites (N-methyl/N-ethyl adjacent to an activating group) is 1. The summed E-state index contributed by atoms with van der Waals surface area (Å²) in [5, 5.41) is 8.22. The normalized spacial score (nSPS) is 15.1. The van der Waals surface area contributed by atoms with Crippen molar-refractivity contribution < 1.29 is 4.79 Å². The number of carbonyl (C=O) groups is 1. The van der Waals surface area contributed by atoms with E-state index >= 15 is 0 Å². The molecule has 0 atom stereocenters. The maximum atomic E-state index is 12.9. The molecule has 0 aromatic carbocycles. The number of aryl methyl sites for hydroxylation is 3. The SMILES string of the molecule is Cc1cc(C(=O)NCc2ccc(N3CCN(C)CC3)nc2)c2c(C)nn(C)c2n1. The summed E-state index contributed by atoms with van der Waals surface area (Å²) in [5.41, 5.74) is 3.91. The van der Waals surface area contributed by atoms with Gasteiger partial charge in [-0.1, -0.05) is 6.07 Å². The van der Waals surface area contributed by atoms with Crippen LogP contribution < -0.4 is 10.2 Å². The van der Waals surface area contributed by atoms with Crippen molar-refractivity contribution in [2.24, 2.45) is 7.05 Å². The molecule has 1 fully saturated rings. The molecule has 1 aliphatic rings. The van der Waals surface area contributed by atoms with Crippen molar-refractivity contribution in [1.82, 2.24) is 30.0 Å². The van der Waals surface area contributed by atoms with Gasteiger partial charge in [-0.15, -0.1) is 0 Å². The Labute approximate surface area is 170 Å². The number of aromatic nitrogens is 4. The molecule has 3 aromatic rings. The van der Waals surface area contributed by atoms with Crippen LogP contribution in [0.2, 0.25) is 0 Å². The van der Waals surface area contributed by atoms with Gasteiger partial charge in [-0.2, -0.15) is 5.10 Å². The molecule has 0 radical (unpaired) electrons. The lowest BCUT2D eigenvalue weighted by Crippen LogP contribution is -2.44. The van der Waals surface area contributed by atoms with E-state index in [2.05, 4.69) is 37.2 Å². The predicted molar refractivity (Wildman–Crippen MR) is 113 cm³/mol. The molecule has 4 rings (SSSR count). The number of nitrogens with zero attached hydrogens (tertiary/aromatic N) is 6. The molecule has 3 aromatic heterocycles. The molecule has 0 bridgehead atoms. The lowest BCUT2D eigenvalue weighted by atomic mass is 10.1. The molecule has 0 unspecified atom stereocenters. The molecule has 1 saturated heterocycles. The minimum atomic E-state index is -0.125. The van der Waals surface area contributed by atoms with Crippen molar-refractivity contribution in [1.29, 1.82) is 0 Å². The zero-order valence-corrected chi connectivity index (χ0v) is 17.4. The third-order valence-corrected chi connectivity index (χ3v) is 5.43. The fourth-order valence-electron chi connectivity index (χ4n) is 3.77. The molecule has 1 N–H and O–H groups in total. The zero-order valence-electron chi connectivity index (χ0n) is 17.4. The van der Waals surface area contributed by atoms with Gasteiger partial charge in [0.05, 0.1) is 16.6 Å². The number of amides is 1. The van der Waals surface area contributed by atoms with Crippen LogP contribution in [0.1, 0.15) is 27.3 Å². The maximum Gasteiger partial charge on any atom is 0.252 e. The van der Waals surface area contributed by atoms with Gasteiger partial charge in [0.15, 0.2) is 5.65 Å². The number of fused-ring (bicyclic) bond motifs is 1. The van der Waals surface area contributed by atoms with Crippen molar-refractivity contribution in [2.45, 2.75) is 20.4 Å². The molecule has 29 heavy (non-hydrogen) atoms. The smallest absolute Gasteiger partial charge is 0.252 e. The first-order valence-corrected chi connectivity index (χ1v) is 9.90. The summed E-state index contributed by atoms with van der Waals surface area (Å²) >= 11 is 0. The number of hydrogen-bond acceptors (Lipinski definition) is 6. The first-order chi connectivity index (χ1) is 13.9. The average Bonchev–Trinajstić information content (AvgIpc) is 3.00. The summed E-state index contributed by atoms with van der Waals surface area (Å²) in [5.74, 6) is 0.866. The molecule has 8 heteroatoms. The summed E-state index contributed by atoms with van der Waals surface area (Å²) in [6.07, 6.45) is 1.84. The monoisotopic (exact) mass is 393 g/mol. The van der Waals surface area contributed by atoms with E-state index in [9.17, 15) is 4.79 Å². The second-order valence-corrected chi connectivity index (χ2v) is 7.72. The minimum Gasteiger partial charge on any atom is -0.354 e. The largest absolute Gasteiger partial charge is 0.354 e. The lowest BCUT2D eigenvalue weighted by molar-refractivity contribution is 0.0952. The van der Waals surface area contributed by atoms with Crippen LogP contribution in [0, 0.1) is 13.8 Å². The summed E-state index contributed by atoms with van der Waals surface area (Å²) in [7, 11) is 3.98. The first kappa shape index (κ1) is 19.3. The zero-order chi connectivity index (χ0) is 20.5. The van der Waals surface area contributed by atoms with Gasteiger partial charge in [0.25, 0.3) is 5.91 Å². The van der Waals surface area contributed by atoms with Crippen LogP contribution in [0.4, 0.5) is 5.82 Å². The Hall–Kier alpha value is -3.00. The Morgan fingerprint density at radius 2 is 1.90 bits per heavy atom. The summed E-state index contributed by atoms with van der Waals surface area (Å²) in [6.45, 7) is 8.29. The van der Waals surface area contributed by atoms with Crippen molar-refractivity contribution in [2.75, 3.05) is 38.1 Å². The fraction of sp³-hybridized carbons (Fsp3) is 0.429. The predicted octanol–water partition coefficient (Wildman–Crippen LogP) is 1.66. The van der Waals surface area contributed by atoms with E-state index < -0.39 is 0 Å². The van der Waals surface area contributed by atoms with Crippen LogP contribution in [0.15, 0.2) is 24.4 Å². The molecule has 8 nitrogen and oxygen atoms in total. The molecule has 1 amide bonds. The van der Waals surface area contributed by atoms with E-state index in [0.29, 0.717) is 12.1 Å². The molecule has 0 aliphatic carbocycles. The second kappa shape index (κ2) is 7.79. The highest BCUT2D eigenvalue weighted by atomic mass is 16.1. The van der Waals surface area contributed by atoms with Crippen LogP contribution in [0.3, 0.4) is 0 Å². The van der Waals surface area contributed by atoms with Gasteiger partial charge in [0.2, 0.25) is 0 Å². The highest BCUT2D eigenvalue weighted by molar-refractivity contribution is 6.06. The number of piperazine rings is 1. The van der Waals surface area contributed by atoms with Crippen LogP contribution >= 0.6 is 0 Å². The van der Waals surface area contributed by atoms with Crippen molar-refractivity contribution >= 4 is 22.8 Å². The van der Waals surface area contributed by atoms with Crippen LogP contribution in [-0.4, -0.2) is 63.8 Å². The highest BCUT2D eigenvalue weighted by Gasteiger charge is 2.18. The van der Waals surface area contributed by atoms with E-state index in [1.54, 1.807) is 4.68 Å². The summed E-state index contributed by atoms with van der Waals surface area (Å²) in [4.78, 5) is 26.6. The number of carbonyl (C=O) groups excluding carboxylic acids is 1. The third kappa shape index (κ3) is 3.93. The molecular formula is C21H27N7O. The Morgan fingerprint density at radius 3 is 2.59 bits per heavy atom. The number of pyridine rings is 2. The number of nitrogens with one attached hydrogen (secondary N) is 1. The standard InChI is InChI=1S/C21H27N7O/c1-14-11-17(19-15(2)25-27(4)20(19)24-14)21(29)23-13-16-5-6-18(22-12-16)28-9-7-26(3)8-10-28/h5-6,11-12H,7-10,13H2,1-4H3,(H,23,29). The molecule has 0 saturated carbocycles. The van der Waals surface area contributed by atoms with Gasteiger partial charge in [0, 0.05) is 51.7 Å². The van der Waals surface area contributed by atoms with E-state index in [1.807, 2.05) is 45.3 Å². The van der Waals surface area contributed by atoms with Gasteiger partial charge in [0.1, 0.15) is 5.82 Å². The van der Waals surface area contributed by atoms with Gasteiger partial charge in [-0.05, 0) is 38.6 Å². The first-order valence-electron chi connectivity index (χ1n) is 9.90. The van der Waals surface area contributed by atoms with Crippen molar-refractivity contribution in [3.05, 3.63) is 46.9 Å². The fourth-order valence-corrected chi connectivity index (χ4v) is 3.77. The van der Waals surface area contributed by atoms with Crippen LogP contribution in [0.25, 0.3) is 11.0 Å². The molecule has 4 heterocycles. The Morgan fingerprint density at radius 1 is 1.14 bits per heavy atom. The van der Waals surface area contributed by atoms with Gasteiger partial charge < -0.3 is 15.1 Å². The second-order valence-electron chi connectivity index (χ2n) is 7.72. The Bertz CT molecular complexity index is 1030. The summed E-state index contributed by atoms with van der Waals surface area (Å²) in [6, 6.07) is 5.89. The molecule has 152 valence electrons. The van der Waals surface area contributed by atoms with Gasteiger partial charge in [-0.3, -0.25) is 9.48 Å². The van der Waals surface area contributed by atoms with Crippen molar-refractivity contribution in [3.63, 3.8) is 0 Å². The average molecular weight is 393 g/mol. The molecular weight excluding hydrogens is 366 g/mol. The molecule has 1 aliphatic heterocycles. The van der Waals surface area contributed by atoms with E-state index in [-0.39, 0.29) is 5.91 Å². The number of hydrogen-bond donors (Lipinski definition) is 1. The topological polar surface area (TPSA) is 79.2 Å². The van der Waals surface area contributed by atoms with E-state index in [1.165, 1.54) is 0 Å². The lowest BCUT2D eigenvalue weighted by Gasteiger charge is -2.33. The minimum absolute atomic E-state index is 0.125. The van der Waals surface area contributed by atoms with Gasteiger partial charge in [-0.25, -0.2) is 9.97 Å². The van der Waals surface area contributed by atoms with E-state index in [4.69, 9.17) is 0 Å². The number of anilines is 1. The van der Waals surface area contributed by atoms with Gasteiger partial charge >= 0.3 is 0 Å². The van der Waals surface area contributed by atoms with Crippen LogP contribution in [-0.2, 0) is 13.6 Å². The molecule has 0 spiro atoms. The maximum absolute atomic E-state index is 12.9. The van der Waals surface area contributed by atoms with Crippen molar-refractivity contribution in [3.8, 4) is 0 Å². The third-order valence-electron chi connectivity index (χ3n) is 5.43. The quantitative estimate of drug-likeness (QED) is 0.726. The number of rotatable bonds is 4. The van der Waals surface area contributed by atoms with E-state index in [0.717, 1.165) is 60.0 Å². The Balaban J connectivity index is 1.46. The highest BCUT2D eigenvalue weighted by Crippen LogP contribution is 2.21. The Kier molecular flexibility index (Phi) is 5.19. The van der Waals surface area contributed by atoms with Crippen LogP contribution in [0.5, 0.6) is 0 Å².